The lowest BCUT2D eigenvalue weighted by atomic mass is 9.72. The molecule has 5 aromatic rings. The van der Waals surface area contributed by atoms with E-state index in [1.165, 1.54) is 23.3 Å². The largest absolute Gasteiger partial charge is 0.501 e. The number of carbonyl (C=O) groups is 1. The first-order chi connectivity index (χ1) is 29.2. The smallest absolute Gasteiger partial charge is 0.456 e. The predicted molar refractivity (Wildman–Crippen MR) is 238 cm³/mol. The number of hydrogen-bond acceptors (Lipinski definition) is 10. The van der Waals surface area contributed by atoms with Crippen molar-refractivity contribution in [2.45, 2.75) is 54.8 Å². The highest BCUT2D eigenvalue weighted by molar-refractivity contribution is 7.92. The molecule has 12 nitrogen and oxygen atoms in total. The van der Waals surface area contributed by atoms with Crippen LogP contribution in [0.3, 0.4) is 0 Å². The molecule has 0 saturated heterocycles. The predicted octanol–water partition coefficient (Wildman–Crippen LogP) is 9.05. The van der Waals surface area contributed by atoms with Gasteiger partial charge in [0.1, 0.15) is 16.4 Å². The van der Waals surface area contributed by atoms with E-state index in [9.17, 15) is 34.8 Å². The van der Waals surface area contributed by atoms with Crippen LogP contribution >= 0.6 is 11.6 Å². The minimum absolute atomic E-state index is 0.0225. The topological polar surface area (TPSA) is 162 Å². The number of benzene rings is 4. The zero-order valence-electron chi connectivity index (χ0n) is 34.7. The first-order valence-corrected chi connectivity index (χ1v) is 23.3. The van der Waals surface area contributed by atoms with Gasteiger partial charge in [0.15, 0.2) is 0 Å². The molecule has 6 rings (SSSR count). The maximum Gasteiger partial charge on any atom is 0.501 e. The number of aromatic amines is 1. The van der Waals surface area contributed by atoms with Crippen LogP contribution in [0, 0.1) is 5.41 Å². The van der Waals surface area contributed by atoms with E-state index >= 15 is 0 Å². The number of hydrogen-bond donors (Lipinski definition) is 5. The van der Waals surface area contributed by atoms with Crippen LogP contribution in [0.15, 0.2) is 106 Å². The van der Waals surface area contributed by atoms with Gasteiger partial charge in [-0.1, -0.05) is 43.2 Å². The van der Waals surface area contributed by atoms with E-state index in [0.29, 0.717) is 55.1 Å². The zero-order chi connectivity index (χ0) is 44.9. The third kappa shape index (κ3) is 11.5. The molecule has 332 valence electrons. The summed E-state index contributed by atoms with van der Waals surface area (Å²) in [4.78, 5) is 16.5. The van der Waals surface area contributed by atoms with E-state index in [1.54, 1.807) is 44.6 Å². The highest BCUT2D eigenvalue weighted by atomic mass is 35.5. The number of alkyl halides is 3. The Kier molecular flexibility index (Phi) is 14.3. The fourth-order valence-electron chi connectivity index (χ4n) is 7.16. The summed E-state index contributed by atoms with van der Waals surface area (Å²) in [6.45, 7) is 6.96. The summed E-state index contributed by atoms with van der Waals surface area (Å²) in [6, 6.07) is 21.6. The molecule has 0 fully saturated rings. The average Bonchev–Trinajstić information content (AvgIpc) is 3.67. The van der Waals surface area contributed by atoms with E-state index in [-0.39, 0.29) is 23.3 Å². The van der Waals surface area contributed by atoms with Gasteiger partial charge in [0, 0.05) is 60.1 Å². The fourth-order valence-corrected chi connectivity index (χ4v) is 9.32. The van der Waals surface area contributed by atoms with Gasteiger partial charge in [-0.3, -0.25) is 4.79 Å². The first kappa shape index (κ1) is 46.4. The van der Waals surface area contributed by atoms with Crippen molar-refractivity contribution in [2.75, 3.05) is 57.5 Å². The van der Waals surface area contributed by atoms with Crippen molar-refractivity contribution in [3.63, 3.8) is 0 Å². The maximum absolute atomic E-state index is 13.8. The van der Waals surface area contributed by atoms with Crippen LogP contribution in [0.5, 0.6) is 11.5 Å². The molecule has 1 aromatic heterocycles. The van der Waals surface area contributed by atoms with Crippen molar-refractivity contribution >= 4 is 65.2 Å². The summed E-state index contributed by atoms with van der Waals surface area (Å²) in [5.41, 5.74) is -0.986. The van der Waals surface area contributed by atoms with Crippen LogP contribution in [-0.2, 0) is 19.9 Å². The fraction of sp³-hybridized carbons (Fsp3) is 0.341. The van der Waals surface area contributed by atoms with Gasteiger partial charge < -0.3 is 30.6 Å². The summed E-state index contributed by atoms with van der Waals surface area (Å²) in [5.74, 6) is -0.850. The van der Waals surface area contributed by atoms with Crippen molar-refractivity contribution in [1.82, 2.24) is 19.9 Å². The Morgan fingerprint density at radius 1 is 0.903 bits per heavy atom. The average molecular weight is 916 g/mol. The number of ether oxygens (including phenoxy) is 1. The Bertz CT molecular complexity index is 2670. The van der Waals surface area contributed by atoms with Crippen LogP contribution in [0.25, 0.3) is 16.5 Å². The lowest BCUT2D eigenvalue weighted by Gasteiger charge is -2.34. The Labute approximate surface area is 365 Å². The van der Waals surface area contributed by atoms with E-state index in [2.05, 4.69) is 46.9 Å². The minimum Gasteiger partial charge on any atom is -0.456 e. The number of H-pyrrole nitrogens is 1. The molecule has 62 heavy (non-hydrogen) atoms. The standard InChI is InChI=1S/C44H50ClF3N6O6S2/c1-43(2)18-16-31(37(27-43)29-6-8-32(45)9-7-29)28-49-21-22-50-33-10-13-36(40(25-33)60-34-11-14-38-30(24-34)17-20-52-38)42(55)53-62(58,59)35-12-15-39(51-19-5-23-54(3)4)41(26-35)61(56,57)44(46,47)48/h6-15,17,20,24-26,49-52H,5,16,18-19,21-23,27-28H2,1-4H3,(H,53,55). The number of fused-ring (bicyclic) bond motifs is 1. The number of sulfonamides is 1. The summed E-state index contributed by atoms with van der Waals surface area (Å²) in [5, 5.41) is 11.0. The second-order valence-corrected chi connectivity index (χ2v) is 20.2. The van der Waals surface area contributed by atoms with Gasteiger partial charge in [0.05, 0.1) is 16.1 Å². The van der Waals surface area contributed by atoms with Gasteiger partial charge >= 0.3 is 5.51 Å². The number of anilines is 2. The normalized spacial score (nSPS) is 14.6. The van der Waals surface area contributed by atoms with Crippen LogP contribution in [0.2, 0.25) is 5.02 Å². The van der Waals surface area contributed by atoms with Crippen molar-refractivity contribution in [3.05, 3.63) is 113 Å². The van der Waals surface area contributed by atoms with Gasteiger partial charge in [-0.05, 0) is 130 Å². The minimum atomic E-state index is -6.01. The van der Waals surface area contributed by atoms with E-state index in [0.717, 1.165) is 47.9 Å². The van der Waals surface area contributed by atoms with Crippen molar-refractivity contribution in [1.29, 1.82) is 0 Å². The molecule has 1 amide bonds. The highest BCUT2D eigenvalue weighted by Crippen LogP contribution is 2.43. The number of nitrogens with one attached hydrogen (secondary N) is 5. The number of allylic oxidation sites excluding steroid dienone is 1. The lowest BCUT2D eigenvalue weighted by Crippen LogP contribution is -2.31. The van der Waals surface area contributed by atoms with Gasteiger partial charge in [0.25, 0.3) is 25.8 Å². The van der Waals surface area contributed by atoms with Gasteiger partial charge in [-0.2, -0.15) is 13.2 Å². The molecule has 4 aromatic carbocycles. The van der Waals surface area contributed by atoms with Crippen LogP contribution < -0.4 is 25.4 Å². The number of aromatic nitrogens is 1. The van der Waals surface area contributed by atoms with Crippen LogP contribution in [0.4, 0.5) is 24.5 Å². The molecular formula is C44H50ClF3N6O6S2. The van der Waals surface area contributed by atoms with Gasteiger partial charge in [-0.25, -0.2) is 21.6 Å². The molecule has 0 radical (unpaired) electrons. The van der Waals surface area contributed by atoms with Crippen LogP contribution in [-0.4, -0.2) is 85.0 Å². The molecule has 0 spiro atoms. The number of rotatable bonds is 18. The SMILES string of the molecule is CN(C)CCCNc1ccc(S(=O)(=O)NC(=O)c2ccc(NCCNCC3=C(c4ccc(Cl)cc4)CC(C)(C)CC3)cc2Oc2ccc3[nH]ccc3c2)cc1S(=O)(=O)C(F)(F)F. The molecule has 5 N–H and O–H groups in total. The number of amides is 1. The summed E-state index contributed by atoms with van der Waals surface area (Å²) < 4.78 is 102. The maximum atomic E-state index is 13.8. The van der Waals surface area contributed by atoms with E-state index in [4.69, 9.17) is 16.3 Å². The Morgan fingerprint density at radius 3 is 2.39 bits per heavy atom. The Hall–Kier alpha value is -5.07. The molecular weight excluding hydrogens is 865 g/mol. The molecule has 0 atom stereocenters. The molecule has 18 heteroatoms. The molecule has 0 saturated carbocycles. The number of halogens is 4. The van der Waals surface area contributed by atoms with Crippen LogP contribution in [0.1, 0.15) is 55.5 Å². The molecule has 0 unspecified atom stereocenters. The summed E-state index contributed by atoms with van der Waals surface area (Å²) in [6.07, 6.45) is 5.19. The van der Waals surface area contributed by atoms with Gasteiger partial charge in [-0.15, -0.1) is 0 Å². The van der Waals surface area contributed by atoms with Crippen molar-refractivity contribution in [2.24, 2.45) is 5.41 Å². The number of sulfone groups is 1. The molecule has 1 aliphatic carbocycles. The Morgan fingerprint density at radius 2 is 1.66 bits per heavy atom. The number of nitrogens with zero attached hydrogens (tertiary/aromatic N) is 1. The second-order valence-electron chi connectivity index (χ2n) is 16.2. The number of carbonyl (C=O) groups excluding carboxylic acids is 1. The third-order valence-electron chi connectivity index (χ3n) is 10.5. The first-order valence-electron chi connectivity index (χ1n) is 19.9. The monoisotopic (exact) mass is 914 g/mol. The van der Waals surface area contributed by atoms with Crippen molar-refractivity contribution in [3.8, 4) is 11.5 Å². The quantitative estimate of drug-likeness (QED) is 0.0537. The Balaban J connectivity index is 1.20. The van der Waals surface area contributed by atoms with E-state index < -0.39 is 46.8 Å². The summed E-state index contributed by atoms with van der Waals surface area (Å²) in [7, 11) is -7.34. The van der Waals surface area contributed by atoms with Gasteiger partial charge in [0.2, 0.25) is 0 Å². The summed E-state index contributed by atoms with van der Waals surface area (Å²) >= 11 is 6.17. The molecule has 1 aliphatic rings. The molecule has 0 aliphatic heterocycles. The zero-order valence-corrected chi connectivity index (χ0v) is 37.1. The highest BCUT2D eigenvalue weighted by Gasteiger charge is 2.48. The van der Waals surface area contributed by atoms with Crippen molar-refractivity contribution < 1.29 is 39.5 Å². The lowest BCUT2D eigenvalue weighted by molar-refractivity contribution is -0.0435. The molecule has 0 bridgehead atoms. The third-order valence-corrected chi connectivity index (χ3v) is 13.6. The van der Waals surface area contributed by atoms with E-state index in [1.807, 2.05) is 27.8 Å². The molecule has 1 heterocycles. The second kappa shape index (κ2) is 19.1.